The van der Waals surface area contributed by atoms with E-state index in [4.69, 9.17) is 16.7 Å². The number of carboxylic acid groups (broad SMARTS) is 1. The van der Waals surface area contributed by atoms with Crippen molar-refractivity contribution in [1.29, 1.82) is 0 Å². The molecule has 1 aliphatic rings. The number of rotatable bonds is 3. The molecular formula is C12H12ClFN2O3. The van der Waals surface area contributed by atoms with Gasteiger partial charge in [0.2, 0.25) is 0 Å². The van der Waals surface area contributed by atoms with Gasteiger partial charge in [-0.05, 0) is 37.5 Å². The Morgan fingerprint density at radius 3 is 2.58 bits per heavy atom. The van der Waals surface area contributed by atoms with Gasteiger partial charge in [-0.1, -0.05) is 11.6 Å². The molecule has 1 aromatic rings. The molecule has 1 saturated carbocycles. The molecule has 7 heteroatoms. The van der Waals surface area contributed by atoms with Gasteiger partial charge in [-0.2, -0.15) is 0 Å². The van der Waals surface area contributed by atoms with E-state index in [2.05, 4.69) is 10.6 Å². The van der Waals surface area contributed by atoms with Crippen LogP contribution in [0.2, 0.25) is 5.02 Å². The Bertz CT molecular complexity index is 532. The van der Waals surface area contributed by atoms with Crippen molar-refractivity contribution in [3.63, 3.8) is 0 Å². The van der Waals surface area contributed by atoms with Gasteiger partial charge < -0.3 is 15.7 Å². The minimum atomic E-state index is -1.24. The van der Waals surface area contributed by atoms with Crippen molar-refractivity contribution in [3.05, 3.63) is 29.0 Å². The van der Waals surface area contributed by atoms with Gasteiger partial charge in [0.25, 0.3) is 0 Å². The second-order valence-corrected chi connectivity index (χ2v) is 4.88. The van der Waals surface area contributed by atoms with E-state index in [1.807, 2.05) is 0 Å². The maximum atomic E-state index is 13.4. The zero-order valence-corrected chi connectivity index (χ0v) is 10.6. The number of anilines is 1. The molecule has 1 aromatic carbocycles. The van der Waals surface area contributed by atoms with Crippen molar-refractivity contribution in [2.24, 2.45) is 0 Å². The van der Waals surface area contributed by atoms with Crippen molar-refractivity contribution in [2.75, 3.05) is 5.32 Å². The number of hydrogen-bond acceptors (Lipinski definition) is 2. The number of amides is 2. The fourth-order valence-electron chi connectivity index (χ4n) is 1.89. The zero-order chi connectivity index (χ0) is 14.0. The minimum absolute atomic E-state index is 0.0927. The predicted octanol–water partition coefficient (Wildman–Crippen LogP) is 2.61. The van der Waals surface area contributed by atoms with Crippen LogP contribution in [0.5, 0.6) is 0 Å². The molecule has 2 amide bonds. The van der Waals surface area contributed by atoms with E-state index >= 15 is 0 Å². The molecule has 0 atom stereocenters. The SMILES string of the molecule is O=C(Nc1cc(Cl)ccc1F)NC1(C(=O)O)CCC1. The maximum absolute atomic E-state index is 13.4. The lowest BCUT2D eigenvalue weighted by Gasteiger charge is -2.38. The summed E-state index contributed by atoms with van der Waals surface area (Å²) in [7, 11) is 0. The summed E-state index contributed by atoms with van der Waals surface area (Å²) in [4.78, 5) is 22.8. The van der Waals surface area contributed by atoms with E-state index in [0.717, 1.165) is 12.5 Å². The number of urea groups is 1. The second kappa shape index (κ2) is 5.05. The van der Waals surface area contributed by atoms with Gasteiger partial charge in [0.1, 0.15) is 11.4 Å². The molecule has 5 nitrogen and oxygen atoms in total. The highest BCUT2D eigenvalue weighted by Crippen LogP contribution is 2.32. The number of benzene rings is 1. The smallest absolute Gasteiger partial charge is 0.329 e. The lowest BCUT2D eigenvalue weighted by atomic mass is 9.77. The maximum Gasteiger partial charge on any atom is 0.329 e. The van der Waals surface area contributed by atoms with Crippen molar-refractivity contribution < 1.29 is 19.1 Å². The number of carboxylic acids is 1. The van der Waals surface area contributed by atoms with Crippen LogP contribution in [0.15, 0.2) is 18.2 Å². The molecular weight excluding hydrogens is 275 g/mol. The number of carbonyl (C=O) groups is 2. The Hall–Kier alpha value is -1.82. The van der Waals surface area contributed by atoms with E-state index in [1.54, 1.807) is 0 Å². The third-order valence-corrected chi connectivity index (χ3v) is 3.38. The van der Waals surface area contributed by atoms with Gasteiger partial charge >= 0.3 is 12.0 Å². The third kappa shape index (κ3) is 2.78. The Morgan fingerprint density at radius 2 is 2.05 bits per heavy atom. The zero-order valence-electron chi connectivity index (χ0n) is 9.87. The fraction of sp³-hybridized carbons (Fsp3) is 0.333. The van der Waals surface area contributed by atoms with E-state index < -0.39 is 23.4 Å². The first-order valence-electron chi connectivity index (χ1n) is 5.70. The topological polar surface area (TPSA) is 78.4 Å². The lowest BCUT2D eigenvalue weighted by Crippen LogP contribution is -2.60. The molecule has 19 heavy (non-hydrogen) atoms. The minimum Gasteiger partial charge on any atom is -0.480 e. The summed E-state index contributed by atoms with van der Waals surface area (Å²) < 4.78 is 13.4. The highest BCUT2D eigenvalue weighted by atomic mass is 35.5. The Kier molecular flexibility index (Phi) is 3.61. The average Bonchev–Trinajstić information content (AvgIpc) is 2.28. The van der Waals surface area contributed by atoms with Gasteiger partial charge in [-0.25, -0.2) is 14.0 Å². The molecule has 1 fully saturated rings. The van der Waals surface area contributed by atoms with Crippen LogP contribution in [0.1, 0.15) is 19.3 Å². The van der Waals surface area contributed by atoms with Crippen LogP contribution in [0.25, 0.3) is 0 Å². The largest absolute Gasteiger partial charge is 0.480 e. The van der Waals surface area contributed by atoms with E-state index in [-0.39, 0.29) is 10.7 Å². The van der Waals surface area contributed by atoms with Crippen molar-refractivity contribution in [2.45, 2.75) is 24.8 Å². The van der Waals surface area contributed by atoms with Crippen molar-refractivity contribution in [1.82, 2.24) is 5.32 Å². The Balaban J connectivity index is 2.05. The molecule has 1 aliphatic carbocycles. The molecule has 102 valence electrons. The number of nitrogens with one attached hydrogen (secondary N) is 2. The molecule has 3 N–H and O–H groups in total. The number of carbonyl (C=O) groups excluding carboxylic acids is 1. The average molecular weight is 287 g/mol. The molecule has 0 aromatic heterocycles. The van der Waals surface area contributed by atoms with Crippen molar-refractivity contribution >= 4 is 29.3 Å². The van der Waals surface area contributed by atoms with Gasteiger partial charge in [-0.3, -0.25) is 0 Å². The quantitative estimate of drug-likeness (QED) is 0.799. The normalized spacial score (nSPS) is 16.3. The van der Waals surface area contributed by atoms with Crippen LogP contribution >= 0.6 is 11.6 Å². The third-order valence-electron chi connectivity index (χ3n) is 3.15. The molecule has 0 heterocycles. The standard InChI is InChI=1S/C12H12ClFN2O3/c13-7-2-3-8(14)9(6-7)15-11(19)16-12(10(17)18)4-1-5-12/h2-3,6H,1,4-5H2,(H,17,18)(H2,15,16,19). The highest BCUT2D eigenvalue weighted by molar-refractivity contribution is 6.30. The van der Waals surface area contributed by atoms with Crippen molar-refractivity contribution in [3.8, 4) is 0 Å². The second-order valence-electron chi connectivity index (χ2n) is 4.44. The molecule has 0 radical (unpaired) electrons. The summed E-state index contributed by atoms with van der Waals surface area (Å²) in [6.07, 6.45) is 1.47. The summed E-state index contributed by atoms with van der Waals surface area (Å²) in [6.45, 7) is 0. The van der Waals surface area contributed by atoms with Gasteiger partial charge in [0.15, 0.2) is 0 Å². The van der Waals surface area contributed by atoms with Crippen LogP contribution in [0, 0.1) is 5.82 Å². The first-order valence-corrected chi connectivity index (χ1v) is 6.08. The highest BCUT2D eigenvalue weighted by Gasteiger charge is 2.45. The Morgan fingerprint density at radius 1 is 1.37 bits per heavy atom. The number of halogens is 2. The van der Waals surface area contributed by atoms with E-state index in [9.17, 15) is 14.0 Å². The number of hydrogen-bond donors (Lipinski definition) is 3. The van der Waals surface area contributed by atoms with E-state index in [1.165, 1.54) is 12.1 Å². The molecule has 0 bridgehead atoms. The Labute approximate surface area is 113 Å². The van der Waals surface area contributed by atoms with Crippen LogP contribution in [-0.4, -0.2) is 22.6 Å². The van der Waals surface area contributed by atoms with Crippen LogP contribution in [0.4, 0.5) is 14.9 Å². The lowest BCUT2D eigenvalue weighted by molar-refractivity contribution is -0.148. The first-order chi connectivity index (χ1) is 8.93. The summed E-state index contributed by atoms with van der Waals surface area (Å²) >= 11 is 5.69. The number of aliphatic carboxylic acids is 1. The molecule has 2 rings (SSSR count). The predicted molar refractivity (Wildman–Crippen MR) is 67.8 cm³/mol. The van der Waals surface area contributed by atoms with Gasteiger partial charge in [0, 0.05) is 5.02 Å². The van der Waals surface area contributed by atoms with Gasteiger partial charge in [-0.15, -0.1) is 0 Å². The molecule has 0 saturated heterocycles. The van der Waals surface area contributed by atoms with E-state index in [0.29, 0.717) is 12.8 Å². The molecule has 0 aliphatic heterocycles. The monoisotopic (exact) mass is 286 g/mol. The van der Waals surface area contributed by atoms with Crippen LogP contribution in [0.3, 0.4) is 0 Å². The first kappa shape index (κ1) is 13.6. The van der Waals surface area contributed by atoms with Crippen LogP contribution < -0.4 is 10.6 Å². The fourth-order valence-corrected chi connectivity index (χ4v) is 2.06. The summed E-state index contributed by atoms with van der Waals surface area (Å²) in [5.74, 6) is -1.72. The molecule has 0 unspecified atom stereocenters. The summed E-state index contributed by atoms with van der Waals surface area (Å²) in [5.41, 5.74) is -1.33. The van der Waals surface area contributed by atoms with Crippen LogP contribution in [-0.2, 0) is 4.79 Å². The summed E-state index contributed by atoms with van der Waals surface area (Å²) in [6, 6.07) is 2.96. The molecule has 0 spiro atoms. The summed E-state index contributed by atoms with van der Waals surface area (Å²) in [5, 5.41) is 14.0. The van der Waals surface area contributed by atoms with Gasteiger partial charge in [0.05, 0.1) is 5.69 Å².